The zero-order chi connectivity index (χ0) is 32.7. The van der Waals surface area contributed by atoms with Crippen LogP contribution in [0, 0.1) is 17.8 Å². The fourth-order valence-corrected chi connectivity index (χ4v) is 7.26. The van der Waals surface area contributed by atoms with Gasteiger partial charge in [0.2, 0.25) is 17.7 Å². The number of nitrogens with zero attached hydrogens (tertiary/aromatic N) is 2. The summed E-state index contributed by atoms with van der Waals surface area (Å²) in [7, 11) is 0. The van der Waals surface area contributed by atoms with Gasteiger partial charge in [-0.25, -0.2) is 0 Å². The van der Waals surface area contributed by atoms with Gasteiger partial charge in [0, 0.05) is 19.5 Å². The Morgan fingerprint density at radius 2 is 1.96 bits per heavy atom. The SMILES string of the molecule is C=CCCC(=O)OC[C@H](NC(=O)[C@@H]1[C@H]2C(=O)N([C@@H](CO)C(C)C)[C@H](C(=O)N(CC=C)CCCC)[C@]23CC[C@H]1O3)c1ccccc1. The number of esters is 1. The molecular formula is C35H49N3O7. The van der Waals surface area contributed by atoms with Gasteiger partial charge in [0.1, 0.15) is 18.2 Å². The molecule has 1 aromatic carbocycles. The molecule has 3 fully saturated rings. The van der Waals surface area contributed by atoms with Gasteiger partial charge in [0.15, 0.2) is 0 Å². The number of allylic oxidation sites excluding steroid dienone is 1. The first-order valence-corrected chi connectivity index (χ1v) is 16.3. The molecule has 0 aliphatic carbocycles. The van der Waals surface area contributed by atoms with Crippen molar-refractivity contribution in [2.24, 2.45) is 17.8 Å². The van der Waals surface area contributed by atoms with Gasteiger partial charge in [0.25, 0.3) is 0 Å². The van der Waals surface area contributed by atoms with Gasteiger partial charge >= 0.3 is 5.97 Å². The number of hydrogen-bond donors (Lipinski definition) is 2. The largest absolute Gasteiger partial charge is 0.463 e. The summed E-state index contributed by atoms with van der Waals surface area (Å²) in [6, 6.07) is 6.99. The molecule has 3 aliphatic heterocycles. The second kappa shape index (κ2) is 15.2. The maximum absolute atomic E-state index is 14.5. The van der Waals surface area contributed by atoms with Crippen molar-refractivity contribution in [1.29, 1.82) is 0 Å². The summed E-state index contributed by atoms with van der Waals surface area (Å²) < 4.78 is 12.1. The minimum Gasteiger partial charge on any atom is -0.463 e. The molecular weight excluding hydrogens is 574 g/mol. The average Bonchev–Trinajstić information content (AvgIpc) is 3.68. The molecule has 1 spiro atoms. The van der Waals surface area contributed by atoms with E-state index in [1.54, 1.807) is 17.1 Å². The van der Waals surface area contributed by atoms with Crippen LogP contribution >= 0.6 is 0 Å². The van der Waals surface area contributed by atoms with Crippen molar-refractivity contribution in [3.8, 4) is 0 Å². The number of fused-ring (bicyclic) bond motifs is 1. The van der Waals surface area contributed by atoms with Gasteiger partial charge in [-0.15, -0.1) is 13.2 Å². The monoisotopic (exact) mass is 623 g/mol. The van der Waals surface area contributed by atoms with Crippen molar-refractivity contribution in [3.63, 3.8) is 0 Å². The lowest BCUT2D eigenvalue weighted by Gasteiger charge is -2.40. The molecule has 2 bridgehead atoms. The molecule has 0 saturated carbocycles. The second-order valence-electron chi connectivity index (χ2n) is 12.7. The van der Waals surface area contributed by atoms with Crippen LogP contribution in [0.3, 0.4) is 0 Å². The third-order valence-electron chi connectivity index (χ3n) is 9.51. The van der Waals surface area contributed by atoms with Crippen LogP contribution in [0.15, 0.2) is 55.6 Å². The maximum atomic E-state index is 14.5. The Kier molecular flexibility index (Phi) is 11.6. The molecule has 2 N–H and O–H groups in total. The third kappa shape index (κ3) is 6.87. The number of likely N-dealkylation sites (tertiary alicyclic amines) is 1. The highest BCUT2D eigenvalue weighted by molar-refractivity contribution is 5.99. The van der Waals surface area contributed by atoms with E-state index in [1.165, 1.54) is 4.90 Å². The smallest absolute Gasteiger partial charge is 0.306 e. The summed E-state index contributed by atoms with van der Waals surface area (Å²) in [4.78, 5) is 58.6. The number of aliphatic hydroxyl groups excluding tert-OH is 1. The summed E-state index contributed by atoms with van der Waals surface area (Å²) in [5, 5.41) is 13.5. The first kappa shape index (κ1) is 34.4. The van der Waals surface area contributed by atoms with Crippen LogP contribution < -0.4 is 5.32 Å². The second-order valence-corrected chi connectivity index (χ2v) is 12.7. The molecule has 3 heterocycles. The van der Waals surface area contributed by atoms with Gasteiger partial charge < -0.3 is 29.7 Å². The van der Waals surface area contributed by atoms with E-state index in [0.29, 0.717) is 32.4 Å². The molecule has 0 aromatic heterocycles. The number of hydrogen-bond acceptors (Lipinski definition) is 7. The Morgan fingerprint density at radius 1 is 1.22 bits per heavy atom. The molecule has 0 radical (unpaired) electrons. The fourth-order valence-electron chi connectivity index (χ4n) is 7.26. The lowest BCUT2D eigenvalue weighted by Crippen LogP contribution is -2.59. The van der Waals surface area contributed by atoms with E-state index in [9.17, 15) is 24.3 Å². The molecule has 246 valence electrons. The summed E-state index contributed by atoms with van der Waals surface area (Å²) in [6.07, 6.45) is 6.10. The first-order chi connectivity index (χ1) is 21.6. The summed E-state index contributed by atoms with van der Waals surface area (Å²) in [6.45, 7) is 13.8. The number of rotatable bonds is 17. The molecule has 10 nitrogen and oxygen atoms in total. The number of unbranched alkanes of at least 4 members (excludes halogenated alkanes) is 1. The Labute approximate surface area is 266 Å². The molecule has 3 saturated heterocycles. The van der Waals surface area contributed by atoms with Crippen LogP contribution in [-0.2, 0) is 28.7 Å². The summed E-state index contributed by atoms with van der Waals surface area (Å²) in [5.74, 6) is -3.24. The normalized spacial score (nSPS) is 26.3. The van der Waals surface area contributed by atoms with Crippen molar-refractivity contribution < 1.29 is 33.8 Å². The van der Waals surface area contributed by atoms with E-state index < -0.39 is 47.6 Å². The predicted molar refractivity (Wildman–Crippen MR) is 170 cm³/mol. The predicted octanol–water partition coefficient (Wildman–Crippen LogP) is 3.56. The van der Waals surface area contributed by atoms with E-state index >= 15 is 0 Å². The van der Waals surface area contributed by atoms with Crippen LogP contribution in [0.2, 0.25) is 0 Å². The number of ether oxygens (including phenoxy) is 2. The van der Waals surface area contributed by atoms with Crippen LogP contribution in [0.5, 0.6) is 0 Å². The van der Waals surface area contributed by atoms with Crippen LogP contribution in [0.25, 0.3) is 0 Å². The number of aliphatic hydroxyl groups is 1. The van der Waals surface area contributed by atoms with Crippen LogP contribution in [0.1, 0.15) is 70.9 Å². The van der Waals surface area contributed by atoms with Gasteiger partial charge in [-0.2, -0.15) is 0 Å². The topological polar surface area (TPSA) is 125 Å². The van der Waals surface area contributed by atoms with Crippen molar-refractivity contribution in [2.75, 3.05) is 26.3 Å². The lowest BCUT2D eigenvalue weighted by molar-refractivity contribution is -0.152. The van der Waals surface area contributed by atoms with E-state index in [2.05, 4.69) is 18.5 Å². The Balaban J connectivity index is 1.67. The highest BCUT2D eigenvalue weighted by Gasteiger charge is 2.75. The van der Waals surface area contributed by atoms with Crippen molar-refractivity contribution in [3.05, 3.63) is 61.2 Å². The third-order valence-corrected chi connectivity index (χ3v) is 9.51. The summed E-state index contributed by atoms with van der Waals surface area (Å²) in [5.41, 5.74) is -0.432. The van der Waals surface area contributed by atoms with E-state index in [1.807, 2.05) is 51.1 Å². The zero-order valence-corrected chi connectivity index (χ0v) is 26.9. The number of carbonyl (C=O) groups excluding carboxylic acids is 4. The Bertz CT molecular complexity index is 1240. The fraction of sp³-hybridized carbons (Fsp3) is 0.600. The molecule has 10 heteroatoms. The van der Waals surface area contributed by atoms with Gasteiger partial charge in [-0.1, -0.05) is 69.7 Å². The quantitative estimate of drug-likeness (QED) is 0.201. The van der Waals surface area contributed by atoms with Gasteiger partial charge in [-0.05, 0) is 37.2 Å². The van der Waals surface area contributed by atoms with E-state index in [0.717, 1.165) is 18.4 Å². The number of nitrogens with one attached hydrogen (secondary N) is 1. The molecule has 3 aliphatic rings. The molecule has 7 atom stereocenters. The molecule has 1 aromatic rings. The van der Waals surface area contributed by atoms with Crippen LogP contribution in [0.4, 0.5) is 0 Å². The van der Waals surface area contributed by atoms with Crippen molar-refractivity contribution in [1.82, 2.24) is 15.1 Å². The number of amides is 3. The van der Waals surface area contributed by atoms with Crippen molar-refractivity contribution >= 4 is 23.7 Å². The maximum Gasteiger partial charge on any atom is 0.306 e. The lowest BCUT2D eigenvalue weighted by atomic mass is 9.70. The van der Waals surface area contributed by atoms with Crippen LogP contribution in [-0.4, -0.2) is 88.7 Å². The summed E-state index contributed by atoms with van der Waals surface area (Å²) >= 11 is 0. The number of carbonyl (C=O) groups is 4. The van der Waals surface area contributed by atoms with E-state index in [-0.39, 0.29) is 43.3 Å². The van der Waals surface area contributed by atoms with Crippen molar-refractivity contribution in [2.45, 2.75) is 89.1 Å². The number of benzene rings is 1. The van der Waals surface area contributed by atoms with E-state index in [4.69, 9.17) is 9.47 Å². The molecule has 3 amide bonds. The highest BCUT2D eigenvalue weighted by atomic mass is 16.5. The molecule has 0 unspecified atom stereocenters. The molecule has 4 rings (SSSR count). The molecule has 45 heavy (non-hydrogen) atoms. The minimum absolute atomic E-state index is 0.0746. The Hall–Kier alpha value is -3.50. The first-order valence-electron chi connectivity index (χ1n) is 16.3. The van der Waals surface area contributed by atoms with Gasteiger partial charge in [0.05, 0.1) is 36.6 Å². The van der Waals surface area contributed by atoms with Gasteiger partial charge in [-0.3, -0.25) is 19.2 Å². The average molecular weight is 624 g/mol. The highest BCUT2D eigenvalue weighted by Crippen LogP contribution is 2.59. The zero-order valence-electron chi connectivity index (χ0n) is 26.9. The Morgan fingerprint density at radius 3 is 2.58 bits per heavy atom. The minimum atomic E-state index is -1.19. The standard InChI is InChI=1S/C35H49N3O7/c1-6-9-16-28(40)44-22-25(24-14-12-11-13-15-24)36-32(41)29-27-17-18-35(45-27)30(29)33(42)38(26(21-39)23(4)5)31(35)34(43)37(19-8-3)20-10-7-2/h6,8,11-15,23,25-27,29-31,39H,1,3,7,9-10,16-22H2,2,4-5H3,(H,36,41)/t25-,26-,27+,29-,30-,31+,35-/m0/s1.